The molecule has 1 saturated carbocycles. The van der Waals surface area contributed by atoms with Gasteiger partial charge in [0.25, 0.3) is 5.91 Å². The number of fused-ring (bicyclic) bond motifs is 1. The lowest BCUT2D eigenvalue weighted by Gasteiger charge is -2.30. The van der Waals surface area contributed by atoms with Crippen LogP contribution in [-0.2, 0) is 9.53 Å². The van der Waals surface area contributed by atoms with Crippen LogP contribution in [0.4, 0.5) is 10.1 Å². The smallest absolute Gasteiger partial charge is 0.256 e. The second kappa shape index (κ2) is 10.9. The molecule has 8 nitrogen and oxygen atoms in total. The maximum atomic E-state index is 15.2. The summed E-state index contributed by atoms with van der Waals surface area (Å²) in [5.74, 6) is -0.913. The molecule has 2 aromatic rings. The van der Waals surface area contributed by atoms with Crippen LogP contribution in [0.1, 0.15) is 63.4 Å². The van der Waals surface area contributed by atoms with Crippen LogP contribution in [0.15, 0.2) is 23.1 Å². The highest BCUT2D eigenvalue weighted by Crippen LogP contribution is 2.38. The van der Waals surface area contributed by atoms with E-state index >= 15 is 4.39 Å². The maximum Gasteiger partial charge on any atom is 0.256 e. The third kappa shape index (κ3) is 6.57. The Bertz CT molecular complexity index is 1210. The van der Waals surface area contributed by atoms with E-state index in [2.05, 4.69) is 10.6 Å². The molecule has 0 bridgehead atoms. The van der Waals surface area contributed by atoms with Crippen molar-refractivity contribution in [3.8, 4) is 0 Å². The molecule has 2 fully saturated rings. The van der Waals surface area contributed by atoms with Gasteiger partial charge in [0.15, 0.2) is 0 Å². The fourth-order valence-corrected chi connectivity index (χ4v) is 4.68. The Hall–Kier alpha value is -2.78. The minimum absolute atomic E-state index is 0.0255. The van der Waals surface area contributed by atoms with Gasteiger partial charge in [-0.15, -0.1) is 0 Å². The summed E-state index contributed by atoms with van der Waals surface area (Å²) in [6, 6.07) is 3.27. The summed E-state index contributed by atoms with van der Waals surface area (Å²) in [7, 11) is 0. The lowest BCUT2D eigenvalue weighted by molar-refractivity contribution is -0.110. The van der Waals surface area contributed by atoms with Crippen LogP contribution in [-0.4, -0.2) is 62.7 Å². The van der Waals surface area contributed by atoms with E-state index in [9.17, 15) is 14.4 Å². The van der Waals surface area contributed by atoms with Crippen molar-refractivity contribution in [1.82, 2.24) is 15.2 Å². The molecular formula is C28H39FN4O4. The van der Waals surface area contributed by atoms with Gasteiger partial charge in [-0.05, 0) is 30.4 Å². The number of piperazine rings is 1. The maximum absolute atomic E-state index is 15.2. The minimum atomic E-state index is -0.470. The van der Waals surface area contributed by atoms with Crippen LogP contribution in [0.25, 0.3) is 10.9 Å². The summed E-state index contributed by atoms with van der Waals surface area (Å²) in [6.45, 7) is 12.0. The topological polar surface area (TPSA) is 92.7 Å². The number of hydrogen-bond donors (Lipinski definition) is 2. The number of carbonyl (C=O) groups is 2. The predicted octanol–water partition coefficient (Wildman–Crippen LogP) is 3.27. The Kier molecular flexibility index (Phi) is 8.04. The number of aldehydes is 1. The number of nitrogens with one attached hydrogen (secondary N) is 2. The Labute approximate surface area is 217 Å². The van der Waals surface area contributed by atoms with Crippen molar-refractivity contribution in [3.63, 3.8) is 0 Å². The van der Waals surface area contributed by atoms with Crippen molar-refractivity contribution < 1.29 is 18.7 Å². The van der Waals surface area contributed by atoms with Gasteiger partial charge < -0.3 is 29.6 Å². The van der Waals surface area contributed by atoms with Crippen molar-refractivity contribution in [3.05, 3.63) is 39.9 Å². The normalized spacial score (nSPS) is 16.7. The van der Waals surface area contributed by atoms with E-state index in [0.29, 0.717) is 50.5 Å². The molecule has 2 N–H and O–H groups in total. The van der Waals surface area contributed by atoms with Crippen LogP contribution >= 0.6 is 0 Å². The lowest BCUT2D eigenvalue weighted by atomic mass is 9.90. The van der Waals surface area contributed by atoms with Crippen molar-refractivity contribution in [2.45, 2.75) is 53.0 Å². The molecule has 2 heterocycles. The van der Waals surface area contributed by atoms with Gasteiger partial charge in [0, 0.05) is 62.2 Å². The first-order valence-corrected chi connectivity index (χ1v) is 13.1. The monoisotopic (exact) mass is 514 g/mol. The molecule has 4 rings (SSSR count). The number of ether oxygens (including phenoxy) is 1. The van der Waals surface area contributed by atoms with Crippen molar-refractivity contribution in [1.29, 1.82) is 0 Å². The molecule has 1 aliphatic heterocycles. The number of benzene rings is 1. The summed E-state index contributed by atoms with van der Waals surface area (Å²) in [5.41, 5.74) is 0.102. The SMILES string of the molecule is CC(C)(CC=O)COCC(C)(C)CNC(=O)c1cn(C2CC2)c2cc(N3CCNCC3)c(F)cc2c1=O. The number of pyridine rings is 1. The summed E-state index contributed by atoms with van der Waals surface area (Å²) in [5, 5.41) is 6.39. The number of halogens is 1. The molecule has 1 aromatic heterocycles. The van der Waals surface area contributed by atoms with E-state index in [1.54, 1.807) is 12.3 Å². The molecule has 0 spiro atoms. The van der Waals surface area contributed by atoms with Crippen LogP contribution in [0.5, 0.6) is 0 Å². The van der Waals surface area contributed by atoms with E-state index in [0.717, 1.165) is 32.2 Å². The molecule has 1 aromatic carbocycles. The zero-order valence-corrected chi connectivity index (χ0v) is 22.4. The van der Waals surface area contributed by atoms with Gasteiger partial charge in [0.1, 0.15) is 17.7 Å². The Balaban J connectivity index is 1.53. The Morgan fingerprint density at radius 2 is 1.84 bits per heavy atom. The highest BCUT2D eigenvalue weighted by atomic mass is 19.1. The lowest BCUT2D eigenvalue weighted by Crippen LogP contribution is -2.44. The molecule has 1 saturated heterocycles. The summed E-state index contributed by atoms with van der Waals surface area (Å²) < 4.78 is 23.0. The molecule has 2 aliphatic rings. The molecule has 9 heteroatoms. The Morgan fingerprint density at radius 3 is 2.49 bits per heavy atom. The van der Waals surface area contributed by atoms with Crippen molar-refractivity contribution in [2.24, 2.45) is 10.8 Å². The molecule has 1 amide bonds. The van der Waals surface area contributed by atoms with E-state index in [-0.39, 0.29) is 27.8 Å². The standard InChI is InChI=1S/C28H39FN4O4/c1-27(2,7-12-34)17-37-18-28(3,4)16-31-26(36)21-15-33(19-5-6-19)23-14-24(32-10-8-30-9-11-32)22(29)13-20(23)25(21)35/h12-15,19,30H,5-11,16-18H2,1-4H3,(H,31,36). The van der Waals surface area contributed by atoms with Gasteiger partial charge in [-0.3, -0.25) is 9.59 Å². The zero-order valence-electron chi connectivity index (χ0n) is 22.4. The van der Waals surface area contributed by atoms with E-state index in [4.69, 9.17) is 4.74 Å². The predicted molar refractivity (Wildman–Crippen MR) is 143 cm³/mol. The molecule has 1 aliphatic carbocycles. The van der Waals surface area contributed by atoms with Crippen molar-refractivity contribution in [2.75, 3.05) is 50.8 Å². The molecular weight excluding hydrogens is 475 g/mol. The highest BCUT2D eigenvalue weighted by molar-refractivity contribution is 5.98. The van der Waals surface area contributed by atoms with Crippen LogP contribution < -0.4 is 21.0 Å². The number of anilines is 1. The van der Waals surface area contributed by atoms with E-state index in [1.807, 2.05) is 37.2 Å². The van der Waals surface area contributed by atoms with Crippen molar-refractivity contribution >= 4 is 28.8 Å². The van der Waals surface area contributed by atoms with Gasteiger partial charge in [-0.1, -0.05) is 27.7 Å². The fourth-order valence-electron chi connectivity index (χ4n) is 4.68. The average molecular weight is 515 g/mol. The zero-order chi connectivity index (χ0) is 26.8. The first-order chi connectivity index (χ1) is 17.5. The molecule has 0 unspecified atom stereocenters. The van der Waals surface area contributed by atoms with Gasteiger partial charge >= 0.3 is 0 Å². The largest absolute Gasteiger partial charge is 0.380 e. The Morgan fingerprint density at radius 1 is 1.16 bits per heavy atom. The summed E-state index contributed by atoms with van der Waals surface area (Å²) in [4.78, 5) is 39.3. The third-order valence-electron chi connectivity index (χ3n) is 7.09. The van der Waals surface area contributed by atoms with Gasteiger partial charge in [-0.25, -0.2) is 4.39 Å². The van der Waals surface area contributed by atoms with Gasteiger partial charge in [0.05, 0.1) is 24.4 Å². The molecule has 0 radical (unpaired) electrons. The first-order valence-electron chi connectivity index (χ1n) is 13.1. The number of amides is 1. The fraction of sp³-hybridized carbons (Fsp3) is 0.607. The number of aromatic nitrogens is 1. The summed E-state index contributed by atoms with van der Waals surface area (Å²) in [6.07, 6.45) is 4.87. The minimum Gasteiger partial charge on any atom is -0.380 e. The second-order valence-corrected chi connectivity index (χ2v) is 11.9. The molecule has 202 valence electrons. The van der Waals surface area contributed by atoms with Gasteiger partial charge in [-0.2, -0.15) is 0 Å². The van der Waals surface area contributed by atoms with Crippen LogP contribution in [0.2, 0.25) is 0 Å². The summed E-state index contributed by atoms with van der Waals surface area (Å²) >= 11 is 0. The number of nitrogens with zero attached hydrogens (tertiary/aromatic N) is 2. The first kappa shape index (κ1) is 27.3. The number of carbonyl (C=O) groups excluding carboxylic acids is 2. The number of hydrogen-bond acceptors (Lipinski definition) is 6. The quantitative estimate of drug-likeness (QED) is 0.447. The van der Waals surface area contributed by atoms with E-state index in [1.165, 1.54) is 6.07 Å². The molecule has 37 heavy (non-hydrogen) atoms. The van der Waals surface area contributed by atoms with E-state index < -0.39 is 17.2 Å². The van der Waals surface area contributed by atoms with Gasteiger partial charge in [0.2, 0.25) is 5.43 Å². The van der Waals surface area contributed by atoms with Crippen LogP contribution in [0.3, 0.4) is 0 Å². The average Bonchev–Trinajstić information content (AvgIpc) is 3.68. The second-order valence-electron chi connectivity index (χ2n) is 11.9. The molecule has 0 atom stereocenters. The third-order valence-corrected chi connectivity index (χ3v) is 7.09. The number of rotatable bonds is 11. The highest BCUT2D eigenvalue weighted by Gasteiger charge is 2.29. The van der Waals surface area contributed by atoms with Crippen LogP contribution in [0, 0.1) is 16.6 Å².